The van der Waals surface area contributed by atoms with Crippen LogP contribution in [-0.2, 0) is 15.5 Å². The molecule has 1 aliphatic carbocycles. The maximum absolute atomic E-state index is 12.7. The molecule has 1 saturated carbocycles. The SMILES string of the molecule is COc1ccc(N)c(S(=O)C2CCCC(OC)C2)c1. The maximum atomic E-state index is 12.7. The van der Waals surface area contributed by atoms with Crippen LogP contribution < -0.4 is 10.5 Å². The summed E-state index contributed by atoms with van der Waals surface area (Å²) in [5, 5.41) is 0.119. The summed E-state index contributed by atoms with van der Waals surface area (Å²) in [6, 6.07) is 5.32. The Bertz CT molecular complexity index is 464. The predicted molar refractivity (Wildman–Crippen MR) is 76.9 cm³/mol. The second kappa shape index (κ2) is 6.39. The van der Waals surface area contributed by atoms with Crippen LogP contribution in [0.3, 0.4) is 0 Å². The van der Waals surface area contributed by atoms with Crippen molar-refractivity contribution in [2.75, 3.05) is 20.0 Å². The number of rotatable bonds is 4. The normalized spacial score (nSPS) is 24.9. The van der Waals surface area contributed by atoms with Gasteiger partial charge in [0.25, 0.3) is 0 Å². The van der Waals surface area contributed by atoms with Crippen molar-refractivity contribution < 1.29 is 13.7 Å². The summed E-state index contributed by atoms with van der Waals surface area (Å²) in [7, 11) is 2.21. The molecule has 19 heavy (non-hydrogen) atoms. The highest BCUT2D eigenvalue weighted by Gasteiger charge is 2.28. The smallest absolute Gasteiger partial charge is 0.120 e. The van der Waals surface area contributed by atoms with Crippen molar-refractivity contribution in [3.63, 3.8) is 0 Å². The molecule has 0 saturated heterocycles. The summed E-state index contributed by atoms with van der Waals surface area (Å²) in [6.45, 7) is 0. The molecule has 1 aliphatic rings. The molecule has 3 unspecified atom stereocenters. The molecule has 1 aromatic rings. The summed E-state index contributed by atoms with van der Waals surface area (Å²) in [6.07, 6.45) is 4.12. The molecule has 0 aliphatic heterocycles. The Kier molecular flexibility index (Phi) is 4.82. The third-order valence-corrected chi connectivity index (χ3v) is 5.47. The molecule has 2 rings (SSSR count). The zero-order valence-electron chi connectivity index (χ0n) is 11.4. The average molecular weight is 283 g/mol. The van der Waals surface area contributed by atoms with Gasteiger partial charge in [-0.1, -0.05) is 0 Å². The van der Waals surface area contributed by atoms with Crippen LogP contribution in [0.2, 0.25) is 0 Å². The number of hydrogen-bond donors (Lipinski definition) is 1. The Labute approximate surface area is 116 Å². The van der Waals surface area contributed by atoms with Crippen LogP contribution in [0.5, 0.6) is 5.75 Å². The van der Waals surface area contributed by atoms with Gasteiger partial charge in [0.2, 0.25) is 0 Å². The molecule has 0 heterocycles. The fourth-order valence-electron chi connectivity index (χ4n) is 2.51. The van der Waals surface area contributed by atoms with E-state index in [1.54, 1.807) is 32.4 Å². The van der Waals surface area contributed by atoms with E-state index in [0.29, 0.717) is 16.3 Å². The second-order valence-electron chi connectivity index (χ2n) is 4.85. The minimum absolute atomic E-state index is 0.119. The number of hydrogen-bond acceptors (Lipinski definition) is 4. The Morgan fingerprint density at radius 1 is 1.32 bits per heavy atom. The predicted octanol–water partition coefficient (Wildman–Crippen LogP) is 2.34. The molecule has 106 valence electrons. The van der Waals surface area contributed by atoms with Crippen LogP contribution in [0.4, 0.5) is 5.69 Å². The van der Waals surface area contributed by atoms with Crippen molar-refractivity contribution in [3.8, 4) is 5.75 Å². The van der Waals surface area contributed by atoms with Gasteiger partial charge in [-0.2, -0.15) is 0 Å². The molecular formula is C14H21NO3S. The van der Waals surface area contributed by atoms with Gasteiger partial charge in [0, 0.05) is 18.0 Å². The number of benzene rings is 1. The molecule has 0 aromatic heterocycles. The number of nitrogen functional groups attached to an aromatic ring is 1. The summed E-state index contributed by atoms with van der Waals surface area (Å²) in [4.78, 5) is 0.682. The molecule has 0 spiro atoms. The van der Waals surface area contributed by atoms with Gasteiger partial charge in [-0.15, -0.1) is 0 Å². The highest BCUT2D eigenvalue weighted by Crippen LogP contribution is 2.31. The highest BCUT2D eigenvalue weighted by molar-refractivity contribution is 7.85. The first-order valence-electron chi connectivity index (χ1n) is 6.52. The van der Waals surface area contributed by atoms with E-state index in [4.69, 9.17) is 15.2 Å². The van der Waals surface area contributed by atoms with Crippen LogP contribution in [0.25, 0.3) is 0 Å². The van der Waals surface area contributed by atoms with E-state index in [9.17, 15) is 4.21 Å². The Morgan fingerprint density at radius 3 is 2.79 bits per heavy atom. The van der Waals surface area contributed by atoms with Gasteiger partial charge in [0.05, 0.1) is 28.9 Å². The van der Waals surface area contributed by atoms with E-state index >= 15 is 0 Å². The number of ether oxygens (including phenoxy) is 2. The van der Waals surface area contributed by atoms with Crippen LogP contribution in [0.15, 0.2) is 23.1 Å². The quantitative estimate of drug-likeness (QED) is 0.862. The third-order valence-electron chi connectivity index (χ3n) is 3.65. The van der Waals surface area contributed by atoms with E-state index in [1.165, 1.54) is 0 Å². The molecule has 0 amide bonds. The molecule has 1 aromatic carbocycles. The molecule has 0 radical (unpaired) electrons. The van der Waals surface area contributed by atoms with Crippen molar-refractivity contribution >= 4 is 16.5 Å². The van der Waals surface area contributed by atoms with E-state index < -0.39 is 10.8 Å². The van der Waals surface area contributed by atoms with E-state index in [2.05, 4.69) is 0 Å². The van der Waals surface area contributed by atoms with Gasteiger partial charge < -0.3 is 15.2 Å². The van der Waals surface area contributed by atoms with Gasteiger partial charge in [-0.3, -0.25) is 4.21 Å². The lowest BCUT2D eigenvalue weighted by Crippen LogP contribution is -2.28. The van der Waals surface area contributed by atoms with Crippen LogP contribution >= 0.6 is 0 Å². The van der Waals surface area contributed by atoms with E-state index in [-0.39, 0.29) is 11.4 Å². The van der Waals surface area contributed by atoms with Gasteiger partial charge in [0.15, 0.2) is 0 Å². The lowest BCUT2D eigenvalue weighted by Gasteiger charge is -2.27. The molecule has 4 nitrogen and oxygen atoms in total. The topological polar surface area (TPSA) is 61.5 Å². The minimum Gasteiger partial charge on any atom is -0.497 e. The first-order chi connectivity index (χ1) is 9.15. The monoisotopic (exact) mass is 283 g/mol. The second-order valence-corrected chi connectivity index (χ2v) is 6.55. The first kappa shape index (κ1) is 14.3. The summed E-state index contributed by atoms with van der Waals surface area (Å²) < 4.78 is 23.2. The fourth-order valence-corrected chi connectivity index (χ4v) is 4.17. The van der Waals surface area contributed by atoms with Crippen LogP contribution in [0.1, 0.15) is 25.7 Å². The molecular weight excluding hydrogens is 262 g/mol. The van der Waals surface area contributed by atoms with Crippen molar-refractivity contribution in [1.29, 1.82) is 0 Å². The lowest BCUT2D eigenvalue weighted by molar-refractivity contribution is 0.0725. The zero-order valence-corrected chi connectivity index (χ0v) is 12.2. The van der Waals surface area contributed by atoms with Crippen molar-refractivity contribution in [2.45, 2.75) is 41.9 Å². The average Bonchev–Trinajstić information content (AvgIpc) is 2.47. The highest BCUT2D eigenvalue weighted by atomic mass is 32.2. The van der Waals surface area contributed by atoms with Crippen molar-refractivity contribution in [3.05, 3.63) is 18.2 Å². The number of methoxy groups -OCH3 is 2. The third kappa shape index (κ3) is 3.28. The summed E-state index contributed by atoms with van der Waals surface area (Å²) in [5.41, 5.74) is 6.51. The molecule has 2 N–H and O–H groups in total. The van der Waals surface area contributed by atoms with E-state index in [1.807, 2.05) is 0 Å². The van der Waals surface area contributed by atoms with Gasteiger partial charge in [-0.25, -0.2) is 0 Å². The van der Waals surface area contributed by atoms with Crippen LogP contribution in [0, 0.1) is 0 Å². The largest absolute Gasteiger partial charge is 0.497 e. The van der Waals surface area contributed by atoms with Crippen molar-refractivity contribution in [1.82, 2.24) is 0 Å². The van der Waals surface area contributed by atoms with E-state index in [0.717, 1.165) is 25.7 Å². The summed E-state index contributed by atoms with van der Waals surface area (Å²) >= 11 is 0. The maximum Gasteiger partial charge on any atom is 0.120 e. The lowest BCUT2D eigenvalue weighted by atomic mass is 9.97. The zero-order chi connectivity index (χ0) is 13.8. The Balaban J connectivity index is 2.18. The van der Waals surface area contributed by atoms with Gasteiger partial charge in [-0.05, 0) is 43.9 Å². The van der Waals surface area contributed by atoms with Gasteiger partial charge in [0.1, 0.15) is 5.75 Å². The van der Waals surface area contributed by atoms with Gasteiger partial charge >= 0.3 is 0 Å². The number of anilines is 1. The Morgan fingerprint density at radius 2 is 2.11 bits per heavy atom. The minimum atomic E-state index is -1.10. The summed E-state index contributed by atoms with van der Waals surface area (Å²) in [5.74, 6) is 0.691. The fraction of sp³-hybridized carbons (Fsp3) is 0.571. The first-order valence-corrected chi connectivity index (χ1v) is 7.74. The molecule has 3 atom stereocenters. The Hall–Kier alpha value is -1.07. The van der Waals surface area contributed by atoms with Crippen LogP contribution in [-0.4, -0.2) is 29.8 Å². The molecule has 5 heteroatoms. The molecule has 1 fully saturated rings. The standard InChI is InChI=1S/C14H21NO3S/c1-17-10-4-3-5-12(8-10)19(16)14-9-11(18-2)6-7-13(14)15/h6-7,9-10,12H,3-5,8,15H2,1-2H3. The van der Waals surface area contributed by atoms with Crippen molar-refractivity contribution in [2.24, 2.45) is 0 Å². The number of nitrogens with two attached hydrogens (primary N) is 1. The molecule has 0 bridgehead atoms.